The fourth-order valence-electron chi connectivity index (χ4n) is 5.55. The summed E-state index contributed by atoms with van der Waals surface area (Å²) in [5.41, 5.74) is 4.76. The molecule has 1 atom stereocenters. The van der Waals surface area contributed by atoms with E-state index in [0.29, 0.717) is 23.7 Å². The Bertz CT molecular complexity index is 1080. The van der Waals surface area contributed by atoms with Crippen LogP contribution in [0.2, 0.25) is 0 Å². The largest absolute Gasteiger partial charge is 0.337 e. The van der Waals surface area contributed by atoms with Crippen molar-refractivity contribution in [3.8, 4) is 0 Å². The third-order valence-corrected chi connectivity index (χ3v) is 7.56. The minimum absolute atomic E-state index is 0.0442. The number of benzene rings is 1. The number of amides is 1. The number of rotatable bonds is 6. The minimum Gasteiger partial charge on any atom is -0.337 e. The molecular weight excluding hydrogens is 429 g/mol. The zero-order valence-electron chi connectivity index (χ0n) is 20.9. The van der Waals surface area contributed by atoms with E-state index in [-0.39, 0.29) is 30.0 Å². The summed E-state index contributed by atoms with van der Waals surface area (Å²) in [6, 6.07) is 6.86. The van der Waals surface area contributed by atoms with Crippen molar-refractivity contribution >= 4 is 11.7 Å². The van der Waals surface area contributed by atoms with Crippen LogP contribution in [0.1, 0.15) is 71.0 Å². The van der Waals surface area contributed by atoms with Gasteiger partial charge < -0.3 is 4.90 Å². The molecule has 0 bridgehead atoms. The summed E-state index contributed by atoms with van der Waals surface area (Å²) in [5.74, 6) is 0.155. The molecule has 0 N–H and O–H groups in total. The maximum absolute atomic E-state index is 14.6. The number of carbonyl (C=O) groups excluding carboxylic acids is 2. The Morgan fingerprint density at radius 3 is 2.44 bits per heavy atom. The molecular formula is C28H36FN3O2. The van der Waals surface area contributed by atoms with Crippen molar-refractivity contribution in [1.29, 1.82) is 0 Å². The fourth-order valence-corrected chi connectivity index (χ4v) is 5.55. The van der Waals surface area contributed by atoms with E-state index in [1.54, 1.807) is 6.07 Å². The minimum atomic E-state index is -0.315. The van der Waals surface area contributed by atoms with Gasteiger partial charge >= 0.3 is 0 Å². The Balaban J connectivity index is 1.44. The summed E-state index contributed by atoms with van der Waals surface area (Å²) >= 11 is 0. The highest BCUT2D eigenvalue weighted by atomic mass is 19.1. The summed E-state index contributed by atoms with van der Waals surface area (Å²) < 4.78 is 14.6. The first kappa shape index (κ1) is 24.5. The maximum atomic E-state index is 14.6. The van der Waals surface area contributed by atoms with E-state index in [4.69, 9.17) is 0 Å². The van der Waals surface area contributed by atoms with Gasteiger partial charge in [-0.3, -0.25) is 19.5 Å². The molecule has 1 aromatic carbocycles. The van der Waals surface area contributed by atoms with Gasteiger partial charge in [0.05, 0.1) is 0 Å². The Hall–Kier alpha value is -2.60. The normalized spacial score (nSPS) is 19.6. The van der Waals surface area contributed by atoms with E-state index in [9.17, 15) is 14.0 Å². The van der Waals surface area contributed by atoms with Crippen molar-refractivity contribution in [2.75, 3.05) is 19.6 Å². The zero-order valence-corrected chi connectivity index (χ0v) is 20.9. The van der Waals surface area contributed by atoms with Gasteiger partial charge in [-0.05, 0) is 81.5 Å². The van der Waals surface area contributed by atoms with Gasteiger partial charge in [-0.1, -0.05) is 12.8 Å². The van der Waals surface area contributed by atoms with Crippen LogP contribution in [0.5, 0.6) is 0 Å². The van der Waals surface area contributed by atoms with Crippen molar-refractivity contribution in [3.05, 3.63) is 63.7 Å². The Morgan fingerprint density at radius 1 is 1.06 bits per heavy atom. The zero-order chi connectivity index (χ0) is 24.4. The van der Waals surface area contributed by atoms with Crippen molar-refractivity contribution in [2.24, 2.45) is 5.92 Å². The predicted octanol–water partition coefficient (Wildman–Crippen LogP) is 4.79. The van der Waals surface area contributed by atoms with Gasteiger partial charge in [0, 0.05) is 61.5 Å². The Morgan fingerprint density at radius 2 is 1.76 bits per heavy atom. The fraction of sp³-hybridized carbons (Fsp3) is 0.536. The number of ketones is 1. The van der Waals surface area contributed by atoms with Crippen molar-refractivity contribution < 1.29 is 14.0 Å². The molecule has 4 rings (SSSR count). The molecule has 2 heterocycles. The van der Waals surface area contributed by atoms with E-state index in [1.165, 1.54) is 6.07 Å². The first-order chi connectivity index (χ1) is 16.2. The molecule has 182 valence electrons. The Kier molecular flexibility index (Phi) is 7.46. The van der Waals surface area contributed by atoms with Crippen LogP contribution in [0.3, 0.4) is 0 Å². The lowest BCUT2D eigenvalue weighted by molar-refractivity contribution is -0.140. The molecule has 5 nitrogen and oxygen atoms in total. The lowest BCUT2D eigenvalue weighted by Crippen LogP contribution is -2.54. The molecule has 0 spiro atoms. The molecule has 1 aliphatic carbocycles. The van der Waals surface area contributed by atoms with Crippen molar-refractivity contribution in [3.63, 3.8) is 0 Å². The van der Waals surface area contributed by atoms with Gasteiger partial charge in [0.2, 0.25) is 5.91 Å². The second-order valence-electron chi connectivity index (χ2n) is 10.1. The molecule has 1 aromatic heterocycles. The van der Waals surface area contributed by atoms with Crippen molar-refractivity contribution in [1.82, 2.24) is 14.8 Å². The first-order valence-corrected chi connectivity index (χ1v) is 12.5. The van der Waals surface area contributed by atoms with Gasteiger partial charge in [0.1, 0.15) is 5.82 Å². The standard InChI is InChI=1S/C28H36FN3O2/c1-18-9-10-26(21(4)30-18)27(33)15-23-13-25(29)14-24(20(23)3)17-31-11-12-32(19(2)16-31)28(34)22-7-5-6-8-22/h9-10,13-14,19,22H,5-8,11-12,15-17H2,1-4H3/t19-/m0/s1. The molecule has 2 aromatic rings. The maximum Gasteiger partial charge on any atom is 0.226 e. The van der Waals surface area contributed by atoms with Crippen molar-refractivity contribution in [2.45, 2.75) is 72.4 Å². The first-order valence-electron chi connectivity index (χ1n) is 12.5. The highest BCUT2D eigenvalue weighted by Crippen LogP contribution is 2.28. The number of Topliss-reactive ketones (excluding diaryl/α,β-unsaturated/α-hetero) is 1. The number of hydrogen-bond donors (Lipinski definition) is 0. The highest BCUT2D eigenvalue weighted by molar-refractivity contribution is 5.98. The van der Waals surface area contributed by atoms with Crippen LogP contribution in [0.25, 0.3) is 0 Å². The molecule has 1 saturated carbocycles. The molecule has 34 heavy (non-hydrogen) atoms. The number of aryl methyl sites for hydroxylation is 2. The predicted molar refractivity (Wildman–Crippen MR) is 131 cm³/mol. The quantitative estimate of drug-likeness (QED) is 0.576. The molecule has 2 fully saturated rings. The third-order valence-electron chi connectivity index (χ3n) is 7.56. The van der Waals surface area contributed by atoms with E-state index < -0.39 is 0 Å². The smallest absolute Gasteiger partial charge is 0.226 e. The summed E-state index contributed by atoms with van der Waals surface area (Å²) in [6.45, 7) is 10.7. The molecule has 0 radical (unpaired) electrons. The van der Waals surface area contributed by atoms with E-state index in [1.807, 2.05) is 37.8 Å². The second-order valence-corrected chi connectivity index (χ2v) is 10.1. The molecule has 6 heteroatoms. The lowest BCUT2D eigenvalue weighted by atomic mass is 9.94. The number of carbonyl (C=O) groups is 2. The third kappa shape index (κ3) is 5.38. The summed E-state index contributed by atoms with van der Waals surface area (Å²) in [7, 11) is 0. The summed E-state index contributed by atoms with van der Waals surface area (Å²) in [6.07, 6.45) is 4.52. The van der Waals surface area contributed by atoms with Crippen LogP contribution in [0.15, 0.2) is 24.3 Å². The molecule has 1 aliphatic heterocycles. The Labute approximate surface area is 202 Å². The average Bonchev–Trinajstić information content (AvgIpc) is 3.31. The monoisotopic (exact) mass is 465 g/mol. The summed E-state index contributed by atoms with van der Waals surface area (Å²) in [4.78, 5) is 34.6. The van der Waals surface area contributed by atoms with E-state index in [2.05, 4.69) is 16.8 Å². The van der Waals surface area contributed by atoms with Crippen LogP contribution >= 0.6 is 0 Å². The van der Waals surface area contributed by atoms with E-state index in [0.717, 1.165) is 67.7 Å². The average molecular weight is 466 g/mol. The van der Waals surface area contributed by atoms with Crippen LogP contribution in [-0.2, 0) is 17.8 Å². The number of hydrogen-bond acceptors (Lipinski definition) is 4. The van der Waals surface area contributed by atoms with Crippen LogP contribution in [-0.4, -0.2) is 52.2 Å². The number of piperazine rings is 1. The molecule has 1 saturated heterocycles. The van der Waals surface area contributed by atoms with Gasteiger partial charge in [-0.15, -0.1) is 0 Å². The topological polar surface area (TPSA) is 53.5 Å². The van der Waals surface area contributed by atoms with Crippen LogP contribution in [0.4, 0.5) is 4.39 Å². The lowest BCUT2D eigenvalue weighted by Gasteiger charge is -2.41. The molecule has 0 unspecified atom stereocenters. The number of aromatic nitrogens is 1. The molecule has 1 amide bonds. The summed E-state index contributed by atoms with van der Waals surface area (Å²) in [5, 5.41) is 0. The number of nitrogens with zero attached hydrogens (tertiary/aromatic N) is 3. The van der Waals surface area contributed by atoms with Gasteiger partial charge in [0.15, 0.2) is 5.78 Å². The van der Waals surface area contributed by atoms with Crippen LogP contribution < -0.4 is 0 Å². The van der Waals surface area contributed by atoms with Crippen LogP contribution in [0, 0.1) is 32.5 Å². The van der Waals surface area contributed by atoms with Gasteiger partial charge in [0.25, 0.3) is 0 Å². The SMILES string of the molecule is Cc1ccc(C(=O)Cc2cc(F)cc(CN3CCN(C(=O)C4CCCC4)[C@@H](C)C3)c2C)c(C)n1. The highest BCUT2D eigenvalue weighted by Gasteiger charge is 2.33. The number of halogens is 1. The second kappa shape index (κ2) is 10.3. The van der Waals surface area contributed by atoms with Gasteiger partial charge in [-0.2, -0.15) is 0 Å². The van der Waals surface area contributed by atoms with E-state index >= 15 is 0 Å². The molecule has 2 aliphatic rings. The van der Waals surface area contributed by atoms with Gasteiger partial charge in [-0.25, -0.2) is 4.39 Å². The number of pyridine rings is 1.